The van der Waals surface area contributed by atoms with E-state index in [4.69, 9.17) is 16.3 Å². The molecule has 1 aliphatic rings. The number of thiazole rings is 1. The van der Waals surface area contributed by atoms with E-state index in [0.717, 1.165) is 15.8 Å². The Balaban J connectivity index is 1.34. The maximum atomic E-state index is 13.6. The number of fused-ring (bicyclic) bond motifs is 2. The molecule has 192 valence electrons. The average molecular weight is 558 g/mol. The second-order valence-corrected chi connectivity index (χ2v) is 12.2. The third kappa shape index (κ3) is 5.39. The van der Waals surface area contributed by atoms with Crippen LogP contribution in [0.3, 0.4) is 0 Å². The summed E-state index contributed by atoms with van der Waals surface area (Å²) in [5, 5.41) is 7.53. The highest BCUT2D eigenvalue weighted by Gasteiger charge is 2.35. The summed E-state index contributed by atoms with van der Waals surface area (Å²) in [7, 11) is -1.54. The number of nitrogens with one attached hydrogen (secondary N) is 1. The standard InChI is InChI=1S/C25H24ClN5O4S2/c1-25(2,3)35-24(33)28-22(17-6-4-5-7-18(17)26)23(32)30-11-15-12-31(29-20(15)13-30)37(34)16-8-9-19-21(10-16)36-14-27-19/h4-10,12,14,22H,11,13H2,1-3H3,(H,28,33). The molecule has 1 aliphatic heterocycles. The Morgan fingerprint density at radius 3 is 2.70 bits per heavy atom. The summed E-state index contributed by atoms with van der Waals surface area (Å²) in [5.41, 5.74) is 3.78. The normalized spacial score (nSPS) is 14.9. The van der Waals surface area contributed by atoms with Crippen LogP contribution in [0.1, 0.15) is 43.6 Å². The van der Waals surface area contributed by atoms with Gasteiger partial charge in [0.25, 0.3) is 5.91 Å². The van der Waals surface area contributed by atoms with Crippen molar-refractivity contribution in [3.63, 3.8) is 0 Å². The number of alkyl carbamates (subject to hydrolysis) is 1. The molecular weight excluding hydrogens is 534 g/mol. The number of ether oxygens (including phenoxy) is 1. The van der Waals surface area contributed by atoms with Crippen LogP contribution in [0.4, 0.5) is 4.79 Å². The van der Waals surface area contributed by atoms with Crippen LogP contribution >= 0.6 is 22.9 Å². The van der Waals surface area contributed by atoms with Crippen molar-refractivity contribution in [1.82, 2.24) is 24.4 Å². The summed E-state index contributed by atoms with van der Waals surface area (Å²) in [4.78, 5) is 32.6. The maximum absolute atomic E-state index is 13.6. The quantitative estimate of drug-likeness (QED) is 0.377. The second-order valence-electron chi connectivity index (χ2n) is 9.53. The first-order valence-corrected chi connectivity index (χ1v) is 13.8. The van der Waals surface area contributed by atoms with E-state index in [-0.39, 0.29) is 19.0 Å². The van der Waals surface area contributed by atoms with Gasteiger partial charge in [0.1, 0.15) is 11.6 Å². The van der Waals surface area contributed by atoms with Crippen molar-refractivity contribution >= 4 is 56.1 Å². The monoisotopic (exact) mass is 557 g/mol. The van der Waals surface area contributed by atoms with Crippen molar-refractivity contribution in [3.8, 4) is 0 Å². The molecule has 3 heterocycles. The fraction of sp³-hybridized carbons (Fsp3) is 0.280. The molecule has 0 aliphatic carbocycles. The van der Waals surface area contributed by atoms with E-state index in [0.29, 0.717) is 21.2 Å². The summed E-state index contributed by atoms with van der Waals surface area (Å²) in [6.45, 7) is 5.71. The number of carbonyl (C=O) groups is 2. The van der Waals surface area contributed by atoms with Gasteiger partial charge in [-0.15, -0.1) is 11.3 Å². The van der Waals surface area contributed by atoms with E-state index in [9.17, 15) is 13.8 Å². The fourth-order valence-electron chi connectivity index (χ4n) is 4.01. The molecule has 37 heavy (non-hydrogen) atoms. The van der Waals surface area contributed by atoms with E-state index in [1.807, 2.05) is 12.1 Å². The van der Waals surface area contributed by atoms with Crippen LogP contribution < -0.4 is 5.32 Å². The first kappa shape index (κ1) is 25.4. The summed E-state index contributed by atoms with van der Waals surface area (Å²) >= 11 is 7.86. The first-order chi connectivity index (χ1) is 17.6. The van der Waals surface area contributed by atoms with Gasteiger partial charge >= 0.3 is 6.09 Å². The highest BCUT2D eigenvalue weighted by atomic mass is 35.5. The minimum absolute atomic E-state index is 0.212. The van der Waals surface area contributed by atoms with E-state index >= 15 is 0 Å². The summed E-state index contributed by atoms with van der Waals surface area (Å²) in [6, 6.07) is 11.3. The van der Waals surface area contributed by atoms with Gasteiger partial charge in [-0.3, -0.25) is 4.79 Å². The molecule has 9 nitrogen and oxygen atoms in total. The number of aromatic nitrogens is 3. The molecule has 2 atom stereocenters. The minimum Gasteiger partial charge on any atom is -0.444 e. The lowest BCUT2D eigenvalue weighted by molar-refractivity contribution is -0.134. The molecule has 2 amide bonds. The van der Waals surface area contributed by atoms with E-state index < -0.39 is 28.7 Å². The number of amides is 2. The zero-order valence-electron chi connectivity index (χ0n) is 20.3. The van der Waals surface area contributed by atoms with Gasteiger partial charge < -0.3 is 15.0 Å². The van der Waals surface area contributed by atoms with Gasteiger partial charge in [0.05, 0.1) is 32.9 Å². The van der Waals surface area contributed by atoms with E-state index in [1.165, 1.54) is 15.4 Å². The Bertz CT molecular complexity index is 1500. The lowest BCUT2D eigenvalue weighted by Gasteiger charge is -2.27. The van der Waals surface area contributed by atoms with Crippen LogP contribution in [0.5, 0.6) is 0 Å². The molecular formula is C25H24ClN5O4S2. The van der Waals surface area contributed by atoms with Crippen molar-refractivity contribution in [2.45, 2.75) is 50.4 Å². The molecule has 2 aromatic heterocycles. The van der Waals surface area contributed by atoms with E-state index in [1.54, 1.807) is 67.7 Å². The number of hydrogen-bond acceptors (Lipinski definition) is 7. The predicted molar refractivity (Wildman–Crippen MR) is 141 cm³/mol. The molecule has 5 rings (SSSR count). The van der Waals surface area contributed by atoms with Gasteiger partial charge in [0.15, 0.2) is 11.0 Å². The molecule has 4 aromatic rings. The van der Waals surface area contributed by atoms with Gasteiger partial charge in [0, 0.05) is 28.9 Å². The Morgan fingerprint density at radius 2 is 1.97 bits per heavy atom. The number of nitrogens with zero attached hydrogens (tertiary/aromatic N) is 4. The van der Waals surface area contributed by atoms with Crippen molar-refractivity contribution < 1.29 is 18.5 Å². The van der Waals surface area contributed by atoms with Crippen LogP contribution in [0, 0.1) is 0 Å². The van der Waals surface area contributed by atoms with Crippen molar-refractivity contribution in [2.75, 3.05) is 0 Å². The number of benzene rings is 2. The maximum Gasteiger partial charge on any atom is 0.408 e. The lowest BCUT2D eigenvalue weighted by atomic mass is 10.1. The van der Waals surface area contributed by atoms with Crippen molar-refractivity contribution in [1.29, 1.82) is 0 Å². The molecule has 12 heteroatoms. The number of rotatable bonds is 5. The largest absolute Gasteiger partial charge is 0.444 e. The van der Waals surface area contributed by atoms with Gasteiger partial charge in [-0.25, -0.2) is 14.0 Å². The van der Waals surface area contributed by atoms with Crippen molar-refractivity contribution in [3.05, 3.63) is 76.0 Å². The summed E-state index contributed by atoms with van der Waals surface area (Å²) in [5.74, 6) is -0.347. The molecule has 2 unspecified atom stereocenters. The van der Waals surface area contributed by atoms with Gasteiger partial charge in [0.2, 0.25) is 0 Å². The SMILES string of the molecule is CC(C)(C)OC(=O)NC(C(=O)N1Cc2cn(S(=O)c3ccc4ncsc4c3)nc2C1)c1ccccc1Cl. The Labute approximate surface area is 225 Å². The zero-order valence-corrected chi connectivity index (χ0v) is 22.7. The van der Waals surface area contributed by atoms with Crippen LogP contribution in [0.15, 0.2) is 59.1 Å². The summed E-state index contributed by atoms with van der Waals surface area (Å²) in [6.07, 6.45) is 0.975. The molecule has 0 saturated heterocycles. The third-order valence-electron chi connectivity index (χ3n) is 5.67. The number of hydrogen-bond donors (Lipinski definition) is 1. The third-order valence-corrected chi connectivity index (χ3v) is 7.99. The van der Waals surface area contributed by atoms with Gasteiger partial charge in [-0.05, 0) is 45.0 Å². The van der Waals surface area contributed by atoms with Crippen LogP contribution in [-0.2, 0) is 33.6 Å². The van der Waals surface area contributed by atoms with Crippen molar-refractivity contribution in [2.24, 2.45) is 0 Å². The number of carbonyl (C=O) groups excluding carboxylic acids is 2. The molecule has 2 aromatic carbocycles. The van der Waals surface area contributed by atoms with Crippen LogP contribution in [-0.4, -0.2) is 40.9 Å². The second kappa shape index (κ2) is 9.88. The topological polar surface area (TPSA) is 106 Å². The smallest absolute Gasteiger partial charge is 0.408 e. The minimum atomic E-state index is -1.54. The molecule has 0 fully saturated rings. The Hall–Kier alpha value is -3.28. The first-order valence-electron chi connectivity index (χ1n) is 11.4. The average Bonchev–Trinajstić information content (AvgIpc) is 3.55. The van der Waals surface area contributed by atoms with Crippen LogP contribution in [0.2, 0.25) is 5.02 Å². The number of halogens is 1. The summed E-state index contributed by atoms with van der Waals surface area (Å²) < 4.78 is 20.9. The molecule has 0 saturated carbocycles. The van der Waals surface area contributed by atoms with Gasteiger partial charge in [-0.1, -0.05) is 29.8 Å². The van der Waals surface area contributed by atoms with E-state index in [2.05, 4.69) is 15.4 Å². The molecule has 0 spiro atoms. The Morgan fingerprint density at radius 1 is 1.19 bits per heavy atom. The molecule has 1 N–H and O–H groups in total. The Kier molecular flexibility index (Phi) is 6.78. The van der Waals surface area contributed by atoms with Crippen LogP contribution in [0.25, 0.3) is 10.2 Å². The molecule has 0 bridgehead atoms. The zero-order chi connectivity index (χ0) is 26.3. The highest BCUT2D eigenvalue weighted by Crippen LogP contribution is 2.30. The highest BCUT2D eigenvalue weighted by molar-refractivity contribution is 7.83. The lowest BCUT2D eigenvalue weighted by Crippen LogP contribution is -2.43. The fourth-order valence-corrected chi connectivity index (χ4v) is 6.06. The predicted octanol–water partition coefficient (Wildman–Crippen LogP) is 4.83. The molecule has 0 radical (unpaired) electrons. The van der Waals surface area contributed by atoms with Gasteiger partial charge in [-0.2, -0.15) is 9.19 Å².